The largest absolute Gasteiger partial charge is 0.336 e. The molecule has 1 aromatic heterocycles. The second-order valence-corrected chi connectivity index (χ2v) is 6.22. The molecule has 1 aliphatic heterocycles. The minimum Gasteiger partial charge on any atom is -0.336 e. The Hall–Kier alpha value is -1.85. The Bertz CT molecular complexity index is 658. The highest BCUT2D eigenvalue weighted by Gasteiger charge is 2.30. The highest BCUT2D eigenvalue weighted by molar-refractivity contribution is 5.85. The molecule has 0 radical (unpaired) electrons. The molecule has 2 unspecified atom stereocenters. The Morgan fingerprint density at radius 3 is 2.79 bits per heavy atom. The van der Waals surface area contributed by atoms with Gasteiger partial charge in [-0.25, -0.2) is 4.98 Å². The zero-order chi connectivity index (χ0) is 16.2. The number of hydrogen-bond donors (Lipinski definition) is 1. The molecule has 1 N–H and O–H groups in total. The molecule has 1 fully saturated rings. The van der Waals surface area contributed by atoms with Gasteiger partial charge in [0, 0.05) is 45.5 Å². The van der Waals surface area contributed by atoms with E-state index >= 15 is 0 Å². The van der Waals surface area contributed by atoms with Crippen LogP contribution in [0.25, 0.3) is 0 Å². The van der Waals surface area contributed by atoms with Gasteiger partial charge in [-0.1, -0.05) is 37.3 Å². The molecule has 1 aromatic carbocycles. The van der Waals surface area contributed by atoms with Crippen LogP contribution < -0.4 is 5.32 Å². The van der Waals surface area contributed by atoms with Crippen LogP contribution in [0.15, 0.2) is 42.7 Å². The lowest BCUT2D eigenvalue weighted by atomic mass is 9.96. The van der Waals surface area contributed by atoms with Gasteiger partial charge >= 0.3 is 0 Å². The molecule has 6 heteroatoms. The van der Waals surface area contributed by atoms with Crippen molar-refractivity contribution in [2.45, 2.75) is 25.3 Å². The number of piperazine rings is 1. The first-order valence-corrected chi connectivity index (χ1v) is 8.19. The average molecular weight is 349 g/mol. The predicted octanol–water partition coefficient (Wildman–Crippen LogP) is 2.51. The fraction of sp³-hybridized carbons (Fsp3) is 0.444. The van der Waals surface area contributed by atoms with E-state index < -0.39 is 0 Å². The van der Waals surface area contributed by atoms with E-state index in [9.17, 15) is 4.79 Å². The molecule has 2 atom stereocenters. The Kier molecular flexibility index (Phi) is 6.40. The predicted molar refractivity (Wildman–Crippen MR) is 97.3 cm³/mol. The lowest BCUT2D eigenvalue weighted by Crippen LogP contribution is -2.49. The molecule has 0 aliphatic carbocycles. The van der Waals surface area contributed by atoms with Crippen LogP contribution in [0.3, 0.4) is 0 Å². The molecule has 1 amide bonds. The number of nitrogens with one attached hydrogen (secondary N) is 1. The highest BCUT2D eigenvalue weighted by atomic mass is 35.5. The summed E-state index contributed by atoms with van der Waals surface area (Å²) >= 11 is 0. The summed E-state index contributed by atoms with van der Waals surface area (Å²) < 4.78 is 2.00. The maximum atomic E-state index is 12.9. The molecule has 24 heavy (non-hydrogen) atoms. The quantitative estimate of drug-likeness (QED) is 0.923. The summed E-state index contributed by atoms with van der Waals surface area (Å²) in [6.07, 6.45) is 4.25. The van der Waals surface area contributed by atoms with Gasteiger partial charge in [-0.05, 0) is 11.5 Å². The Labute approximate surface area is 149 Å². The van der Waals surface area contributed by atoms with Crippen LogP contribution in [-0.2, 0) is 11.8 Å². The summed E-state index contributed by atoms with van der Waals surface area (Å²) in [4.78, 5) is 19.3. The van der Waals surface area contributed by atoms with E-state index in [-0.39, 0.29) is 30.3 Å². The maximum Gasteiger partial charge on any atom is 0.223 e. The second kappa shape index (κ2) is 8.31. The summed E-state index contributed by atoms with van der Waals surface area (Å²) in [6.45, 7) is 4.45. The maximum absolute atomic E-state index is 12.9. The summed E-state index contributed by atoms with van der Waals surface area (Å²) in [5, 5.41) is 3.37. The fourth-order valence-corrected chi connectivity index (χ4v) is 3.21. The standard InChI is InChI=1S/C18H24N4O.ClH/c1-14(15-6-4-3-5-7-15)12-17(23)22-11-8-19-13-16(22)18-20-9-10-21(18)2;/h3-7,9-10,14,16,19H,8,11-13H2,1-2H3;1H. The minimum atomic E-state index is 0. The van der Waals surface area contributed by atoms with Crippen molar-refractivity contribution in [3.63, 3.8) is 0 Å². The Morgan fingerprint density at radius 1 is 1.38 bits per heavy atom. The van der Waals surface area contributed by atoms with Gasteiger partial charge in [-0.15, -0.1) is 12.4 Å². The van der Waals surface area contributed by atoms with Gasteiger partial charge in [0.2, 0.25) is 5.91 Å². The third-order valence-electron chi connectivity index (χ3n) is 4.57. The van der Waals surface area contributed by atoms with Crippen molar-refractivity contribution < 1.29 is 4.79 Å². The van der Waals surface area contributed by atoms with Crippen LogP contribution in [0.4, 0.5) is 0 Å². The Morgan fingerprint density at radius 2 is 2.12 bits per heavy atom. The first-order valence-electron chi connectivity index (χ1n) is 8.19. The van der Waals surface area contributed by atoms with Crippen molar-refractivity contribution in [3.8, 4) is 0 Å². The molecular formula is C18H25ClN4O. The molecule has 3 rings (SSSR count). The lowest BCUT2D eigenvalue weighted by Gasteiger charge is -2.36. The van der Waals surface area contributed by atoms with Gasteiger partial charge in [-0.3, -0.25) is 4.79 Å². The van der Waals surface area contributed by atoms with E-state index in [4.69, 9.17) is 0 Å². The molecule has 1 saturated heterocycles. The topological polar surface area (TPSA) is 50.2 Å². The summed E-state index contributed by atoms with van der Waals surface area (Å²) in [6, 6.07) is 10.2. The number of rotatable bonds is 4. The van der Waals surface area contributed by atoms with Gasteiger partial charge in [0.25, 0.3) is 0 Å². The molecule has 2 aromatic rings. The zero-order valence-corrected chi connectivity index (χ0v) is 15.0. The van der Waals surface area contributed by atoms with Crippen molar-refractivity contribution in [1.82, 2.24) is 19.8 Å². The molecule has 1 aliphatic rings. The van der Waals surface area contributed by atoms with Crippen LogP contribution in [0.2, 0.25) is 0 Å². The SMILES string of the molecule is CC(CC(=O)N1CCNCC1c1nccn1C)c1ccccc1.Cl. The van der Waals surface area contributed by atoms with E-state index in [1.54, 1.807) is 6.20 Å². The molecule has 0 spiro atoms. The summed E-state index contributed by atoms with van der Waals surface area (Å²) in [5.74, 6) is 1.37. The van der Waals surface area contributed by atoms with Crippen molar-refractivity contribution >= 4 is 18.3 Å². The zero-order valence-electron chi connectivity index (χ0n) is 14.2. The number of amides is 1. The highest BCUT2D eigenvalue weighted by Crippen LogP contribution is 2.25. The third kappa shape index (κ3) is 3.97. The molecule has 0 bridgehead atoms. The van der Waals surface area contributed by atoms with Crippen LogP contribution in [0, 0.1) is 0 Å². The van der Waals surface area contributed by atoms with Crippen molar-refractivity contribution in [2.24, 2.45) is 7.05 Å². The summed E-state index contributed by atoms with van der Waals surface area (Å²) in [7, 11) is 1.98. The van der Waals surface area contributed by atoms with Gasteiger partial charge in [0.15, 0.2) is 0 Å². The van der Waals surface area contributed by atoms with Gasteiger partial charge in [-0.2, -0.15) is 0 Å². The van der Waals surface area contributed by atoms with E-state index in [0.717, 1.165) is 25.5 Å². The number of imidazole rings is 1. The average Bonchev–Trinajstić information content (AvgIpc) is 3.01. The fourth-order valence-electron chi connectivity index (χ4n) is 3.21. The number of benzene rings is 1. The third-order valence-corrected chi connectivity index (χ3v) is 4.57. The first-order chi connectivity index (χ1) is 11.2. The van der Waals surface area contributed by atoms with Gasteiger partial charge in [0.05, 0.1) is 0 Å². The lowest BCUT2D eigenvalue weighted by molar-refractivity contribution is -0.135. The minimum absolute atomic E-state index is 0. The van der Waals surface area contributed by atoms with Gasteiger partial charge < -0.3 is 14.8 Å². The van der Waals surface area contributed by atoms with Crippen LogP contribution in [0.1, 0.15) is 36.7 Å². The van der Waals surface area contributed by atoms with Crippen LogP contribution in [-0.4, -0.2) is 40.0 Å². The number of aromatic nitrogens is 2. The van der Waals surface area contributed by atoms with Crippen molar-refractivity contribution in [1.29, 1.82) is 0 Å². The van der Waals surface area contributed by atoms with E-state index in [1.165, 1.54) is 5.56 Å². The molecule has 5 nitrogen and oxygen atoms in total. The molecular weight excluding hydrogens is 324 g/mol. The number of aryl methyl sites for hydroxylation is 1. The number of carbonyl (C=O) groups excluding carboxylic acids is 1. The van der Waals surface area contributed by atoms with E-state index in [2.05, 4.69) is 29.4 Å². The van der Waals surface area contributed by atoms with Crippen LogP contribution in [0.5, 0.6) is 0 Å². The normalized spacial score (nSPS) is 18.8. The second-order valence-electron chi connectivity index (χ2n) is 6.22. The molecule has 130 valence electrons. The van der Waals surface area contributed by atoms with Crippen LogP contribution >= 0.6 is 12.4 Å². The monoisotopic (exact) mass is 348 g/mol. The number of halogens is 1. The van der Waals surface area contributed by atoms with Crippen molar-refractivity contribution in [2.75, 3.05) is 19.6 Å². The van der Waals surface area contributed by atoms with E-state index in [0.29, 0.717) is 6.42 Å². The van der Waals surface area contributed by atoms with E-state index in [1.807, 2.05) is 40.9 Å². The molecule has 2 heterocycles. The first kappa shape index (κ1) is 18.5. The summed E-state index contributed by atoms with van der Waals surface area (Å²) in [5.41, 5.74) is 1.21. The molecule has 0 saturated carbocycles. The van der Waals surface area contributed by atoms with Crippen molar-refractivity contribution in [3.05, 3.63) is 54.1 Å². The number of hydrogen-bond acceptors (Lipinski definition) is 3. The Balaban J connectivity index is 0.00000208. The number of carbonyl (C=O) groups is 1. The number of nitrogens with zero attached hydrogens (tertiary/aromatic N) is 3. The van der Waals surface area contributed by atoms with Gasteiger partial charge in [0.1, 0.15) is 11.9 Å². The smallest absolute Gasteiger partial charge is 0.223 e.